The minimum atomic E-state index is 0.310. The van der Waals surface area contributed by atoms with Crippen molar-refractivity contribution in [1.29, 1.82) is 0 Å². The summed E-state index contributed by atoms with van der Waals surface area (Å²) in [6.45, 7) is 0.850. The van der Waals surface area contributed by atoms with Crippen molar-refractivity contribution in [1.82, 2.24) is 0 Å². The van der Waals surface area contributed by atoms with Gasteiger partial charge in [0.05, 0.1) is 12.9 Å². The first-order chi connectivity index (χ1) is 3.27. The van der Waals surface area contributed by atoms with Crippen LogP contribution in [0.15, 0.2) is 0 Å². The van der Waals surface area contributed by atoms with E-state index in [1.165, 1.54) is 0 Å². The maximum Gasteiger partial charge on any atom is 0.102 e. The first-order valence-corrected chi connectivity index (χ1v) is 4.15. The minimum absolute atomic E-state index is 0.310. The van der Waals surface area contributed by atoms with E-state index in [0.717, 1.165) is 12.4 Å². The molecule has 0 bridgehead atoms. The summed E-state index contributed by atoms with van der Waals surface area (Å²) in [4.78, 5) is 0. The Bertz CT molecular complexity index is 37.1. The molecular formula is C5H12OS. The average Bonchev–Trinajstić information content (AvgIpc) is 1.61. The van der Waals surface area contributed by atoms with Gasteiger partial charge in [-0.1, -0.05) is 0 Å². The van der Waals surface area contributed by atoms with Gasteiger partial charge in [-0.05, 0) is 0 Å². The van der Waals surface area contributed by atoms with E-state index in [1.54, 1.807) is 7.11 Å². The Balaban J connectivity index is 2.68. The quantitative estimate of drug-likeness (QED) is 0.393. The molecule has 0 heterocycles. The summed E-state index contributed by atoms with van der Waals surface area (Å²) >= 11 is 0. The van der Waals surface area contributed by atoms with Crippen molar-refractivity contribution in [3.05, 3.63) is 6.26 Å². The minimum Gasteiger partial charge on any atom is -0.380 e. The molecular weight excluding hydrogens is 108 g/mol. The second kappa shape index (κ2) is 4.47. The molecule has 0 spiro atoms. The summed E-state index contributed by atoms with van der Waals surface area (Å²) in [5, 5.41) is 0. The Hall–Kier alpha value is 0.310. The third-order valence-electron chi connectivity index (χ3n) is 0.636. The Kier molecular flexibility index (Phi) is 4.67. The van der Waals surface area contributed by atoms with Crippen molar-refractivity contribution in [2.45, 2.75) is 0 Å². The summed E-state index contributed by atoms with van der Waals surface area (Å²) in [6.07, 6.45) is 5.93. The first kappa shape index (κ1) is 7.31. The highest BCUT2D eigenvalue weighted by Crippen LogP contribution is 1.84. The van der Waals surface area contributed by atoms with Gasteiger partial charge in [0.2, 0.25) is 0 Å². The second-order valence-electron chi connectivity index (χ2n) is 1.48. The predicted molar refractivity (Wildman–Crippen MR) is 35.4 cm³/mol. The molecule has 0 amide bonds. The van der Waals surface area contributed by atoms with Gasteiger partial charge >= 0.3 is 0 Å². The largest absolute Gasteiger partial charge is 0.380 e. The van der Waals surface area contributed by atoms with Gasteiger partial charge in [0.25, 0.3) is 0 Å². The lowest BCUT2D eigenvalue weighted by molar-refractivity contribution is 0.218. The molecule has 0 N–H and O–H groups in total. The molecule has 1 nitrogen and oxygen atoms in total. The molecule has 2 heteroatoms. The lowest BCUT2D eigenvalue weighted by Crippen LogP contribution is -2.05. The topological polar surface area (TPSA) is 9.23 Å². The fourth-order valence-electron chi connectivity index (χ4n) is 0.226. The Morgan fingerprint density at radius 2 is 2.29 bits per heavy atom. The van der Waals surface area contributed by atoms with E-state index in [9.17, 15) is 0 Å². The highest BCUT2D eigenvalue weighted by atomic mass is 32.2. The monoisotopic (exact) mass is 120 g/mol. The summed E-state index contributed by atoms with van der Waals surface area (Å²) in [5.74, 6) is 1.09. The van der Waals surface area contributed by atoms with Crippen LogP contribution in [-0.4, -0.2) is 25.7 Å². The fourth-order valence-corrected chi connectivity index (χ4v) is 0.677. The molecule has 0 saturated carbocycles. The molecule has 1 atom stereocenters. The molecule has 0 aromatic carbocycles. The molecule has 0 aromatic rings. The van der Waals surface area contributed by atoms with Crippen LogP contribution in [0.4, 0.5) is 0 Å². The molecule has 0 rings (SSSR count). The lowest BCUT2D eigenvalue weighted by Gasteiger charge is -1.99. The summed E-state index contributed by atoms with van der Waals surface area (Å²) in [7, 11) is 2.02. The van der Waals surface area contributed by atoms with Crippen LogP contribution in [0.3, 0.4) is 0 Å². The number of ether oxygens (including phenoxy) is 1. The van der Waals surface area contributed by atoms with Gasteiger partial charge in [-0.15, -0.1) is 6.26 Å². The molecule has 0 fully saturated rings. The third kappa shape index (κ3) is 6.31. The van der Waals surface area contributed by atoms with Crippen LogP contribution in [0.25, 0.3) is 0 Å². The second-order valence-corrected chi connectivity index (χ2v) is 3.45. The molecule has 0 aliphatic heterocycles. The normalized spacial score (nSPS) is 14.1. The Labute approximate surface area is 48.4 Å². The van der Waals surface area contributed by atoms with Crippen LogP contribution in [0.1, 0.15) is 0 Å². The van der Waals surface area contributed by atoms with Crippen molar-refractivity contribution in [2.24, 2.45) is 0 Å². The zero-order valence-corrected chi connectivity index (χ0v) is 5.75. The van der Waals surface area contributed by atoms with Gasteiger partial charge in [0.15, 0.2) is 0 Å². The van der Waals surface area contributed by atoms with Gasteiger partial charge in [-0.3, -0.25) is 0 Å². The molecule has 7 heavy (non-hydrogen) atoms. The van der Waals surface area contributed by atoms with Crippen molar-refractivity contribution in [3.8, 4) is 0 Å². The van der Waals surface area contributed by atoms with E-state index >= 15 is 0 Å². The molecule has 0 saturated heterocycles. The first-order valence-electron chi connectivity index (χ1n) is 2.18. The average molecular weight is 120 g/mol. The molecule has 0 aromatic heterocycles. The molecule has 1 unspecified atom stereocenters. The number of methoxy groups -OCH3 is 1. The lowest BCUT2D eigenvalue weighted by atomic mass is 10.9. The van der Waals surface area contributed by atoms with Crippen molar-refractivity contribution < 1.29 is 4.74 Å². The van der Waals surface area contributed by atoms with E-state index < -0.39 is 0 Å². The van der Waals surface area contributed by atoms with E-state index in [-0.39, 0.29) is 0 Å². The predicted octanol–water partition coefficient (Wildman–Crippen LogP) is 0.672. The highest BCUT2D eigenvalue weighted by molar-refractivity contribution is 7.97. The highest BCUT2D eigenvalue weighted by Gasteiger charge is 1.90. The van der Waals surface area contributed by atoms with E-state index in [1.807, 2.05) is 0 Å². The molecule has 0 aliphatic rings. The maximum atomic E-state index is 4.82. The SMILES string of the molecule is [CH2-][S+](C)CCOC. The zero-order chi connectivity index (χ0) is 5.70. The van der Waals surface area contributed by atoms with Gasteiger partial charge < -0.3 is 4.74 Å². The summed E-state index contributed by atoms with van der Waals surface area (Å²) in [6, 6.07) is 0. The molecule has 44 valence electrons. The van der Waals surface area contributed by atoms with Crippen molar-refractivity contribution in [2.75, 3.05) is 25.7 Å². The molecule has 0 aliphatic carbocycles. The third-order valence-corrected chi connectivity index (χ3v) is 1.50. The number of hydrogen-bond donors (Lipinski definition) is 0. The fraction of sp³-hybridized carbons (Fsp3) is 0.800. The van der Waals surface area contributed by atoms with Gasteiger partial charge in [-0.25, -0.2) is 0 Å². The number of rotatable bonds is 3. The maximum absolute atomic E-state index is 4.82. The van der Waals surface area contributed by atoms with Crippen LogP contribution in [0.5, 0.6) is 0 Å². The summed E-state index contributed by atoms with van der Waals surface area (Å²) in [5.41, 5.74) is 0. The van der Waals surface area contributed by atoms with E-state index in [4.69, 9.17) is 4.74 Å². The zero-order valence-electron chi connectivity index (χ0n) is 4.94. The Morgan fingerprint density at radius 1 is 1.71 bits per heavy atom. The standard InChI is InChI=1S/C5H12OS/c1-6-4-5-7(2)3/h2,4-5H2,1,3H3. The van der Waals surface area contributed by atoms with Crippen molar-refractivity contribution in [3.63, 3.8) is 0 Å². The van der Waals surface area contributed by atoms with Crippen LogP contribution in [-0.2, 0) is 15.6 Å². The van der Waals surface area contributed by atoms with Gasteiger partial charge in [0.1, 0.15) is 5.75 Å². The van der Waals surface area contributed by atoms with E-state index in [2.05, 4.69) is 12.5 Å². The number of hydrogen-bond acceptors (Lipinski definition) is 1. The van der Waals surface area contributed by atoms with Crippen molar-refractivity contribution >= 4 is 10.9 Å². The van der Waals surface area contributed by atoms with E-state index in [0.29, 0.717) is 10.9 Å². The molecule has 0 radical (unpaired) electrons. The van der Waals surface area contributed by atoms with Crippen LogP contribution >= 0.6 is 0 Å². The summed E-state index contributed by atoms with van der Waals surface area (Å²) < 4.78 is 4.82. The van der Waals surface area contributed by atoms with Crippen LogP contribution in [0, 0.1) is 6.26 Å². The van der Waals surface area contributed by atoms with Gasteiger partial charge in [-0.2, -0.15) is 10.9 Å². The van der Waals surface area contributed by atoms with Crippen LogP contribution < -0.4 is 0 Å². The Morgan fingerprint density at radius 3 is 2.43 bits per heavy atom. The smallest absolute Gasteiger partial charge is 0.102 e. The van der Waals surface area contributed by atoms with Gasteiger partial charge in [0, 0.05) is 7.11 Å². The van der Waals surface area contributed by atoms with Crippen LogP contribution in [0.2, 0.25) is 0 Å².